The van der Waals surface area contributed by atoms with Crippen LogP contribution in [0.2, 0.25) is 0 Å². The van der Waals surface area contributed by atoms with Gasteiger partial charge in [-0.15, -0.1) is 5.10 Å². The van der Waals surface area contributed by atoms with Gasteiger partial charge in [0, 0.05) is 5.56 Å². The fraction of sp³-hybridized carbons (Fsp3) is 0.182. The summed E-state index contributed by atoms with van der Waals surface area (Å²) in [7, 11) is 1.62. The molecule has 0 fully saturated rings. The lowest BCUT2D eigenvalue weighted by Gasteiger charge is -1.99. The molecule has 3 rings (SSSR count). The highest BCUT2D eigenvalue weighted by Crippen LogP contribution is 2.27. The monoisotopic (exact) mass is 247 g/mol. The number of hydrogen-bond acceptors (Lipinski definition) is 5. The number of benzene rings is 1. The number of nitrogens with zero attached hydrogens (tertiary/aromatic N) is 3. The van der Waals surface area contributed by atoms with Gasteiger partial charge in [0.15, 0.2) is 11.0 Å². The van der Waals surface area contributed by atoms with Crippen molar-refractivity contribution in [3.8, 4) is 17.1 Å². The first kappa shape index (κ1) is 10.3. The van der Waals surface area contributed by atoms with Gasteiger partial charge in [-0.3, -0.25) is 4.79 Å². The molecule has 2 aromatic rings. The van der Waals surface area contributed by atoms with Gasteiger partial charge in [0.05, 0.1) is 12.9 Å². The van der Waals surface area contributed by atoms with Gasteiger partial charge in [-0.1, -0.05) is 11.8 Å². The van der Waals surface area contributed by atoms with Crippen LogP contribution in [0.5, 0.6) is 5.75 Å². The van der Waals surface area contributed by atoms with E-state index < -0.39 is 0 Å². The molecule has 0 atom stereocenters. The minimum Gasteiger partial charge on any atom is -0.497 e. The molecule has 1 aliphatic rings. The number of carbonyl (C=O) groups excluding carboxylic acids is 1. The SMILES string of the molecule is COc1ccc(-c2nc3n(n2)C(=O)CS3)cc1. The number of fused-ring (bicyclic) bond motifs is 1. The summed E-state index contributed by atoms with van der Waals surface area (Å²) in [5.74, 6) is 1.77. The highest BCUT2D eigenvalue weighted by atomic mass is 32.2. The Bertz CT molecular complexity index is 577. The Morgan fingerprint density at radius 3 is 2.76 bits per heavy atom. The zero-order chi connectivity index (χ0) is 11.8. The maximum Gasteiger partial charge on any atom is 0.259 e. The summed E-state index contributed by atoms with van der Waals surface area (Å²) in [6.07, 6.45) is 0. The van der Waals surface area contributed by atoms with Gasteiger partial charge < -0.3 is 4.74 Å². The lowest BCUT2D eigenvalue weighted by Crippen LogP contribution is -2.08. The Balaban J connectivity index is 1.98. The average molecular weight is 247 g/mol. The van der Waals surface area contributed by atoms with Crippen molar-refractivity contribution in [3.63, 3.8) is 0 Å². The maximum atomic E-state index is 11.4. The number of rotatable bonds is 2. The van der Waals surface area contributed by atoms with Gasteiger partial charge in [0.25, 0.3) is 5.91 Å². The van der Waals surface area contributed by atoms with E-state index in [9.17, 15) is 4.79 Å². The molecule has 0 aliphatic carbocycles. The van der Waals surface area contributed by atoms with Gasteiger partial charge in [-0.25, -0.2) is 4.98 Å². The number of ether oxygens (including phenoxy) is 1. The predicted molar refractivity (Wildman–Crippen MR) is 63.4 cm³/mol. The summed E-state index contributed by atoms with van der Waals surface area (Å²) >= 11 is 1.41. The van der Waals surface area contributed by atoms with Crippen molar-refractivity contribution < 1.29 is 9.53 Å². The third-order valence-corrected chi connectivity index (χ3v) is 3.40. The van der Waals surface area contributed by atoms with Crippen LogP contribution in [0.4, 0.5) is 0 Å². The number of thioether (sulfide) groups is 1. The number of hydrogen-bond donors (Lipinski definition) is 0. The summed E-state index contributed by atoms with van der Waals surface area (Å²) in [5.41, 5.74) is 0.876. The van der Waals surface area contributed by atoms with Gasteiger partial charge in [0.2, 0.25) is 0 Å². The fourth-order valence-electron chi connectivity index (χ4n) is 1.60. The molecule has 2 heterocycles. The topological polar surface area (TPSA) is 57.0 Å². The molecule has 6 heteroatoms. The molecule has 0 amide bonds. The Morgan fingerprint density at radius 1 is 1.35 bits per heavy atom. The van der Waals surface area contributed by atoms with E-state index in [4.69, 9.17) is 4.74 Å². The van der Waals surface area contributed by atoms with Crippen molar-refractivity contribution in [2.75, 3.05) is 12.9 Å². The van der Waals surface area contributed by atoms with Gasteiger partial charge in [0.1, 0.15) is 5.75 Å². The van der Waals surface area contributed by atoms with Gasteiger partial charge in [-0.05, 0) is 24.3 Å². The van der Waals surface area contributed by atoms with E-state index in [0.717, 1.165) is 11.3 Å². The molecule has 0 bridgehead atoms. The highest BCUT2D eigenvalue weighted by Gasteiger charge is 2.24. The summed E-state index contributed by atoms with van der Waals surface area (Å²) < 4.78 is 6.44. The van der Waals surface area contributed by atoms with Crippen molar-refractivity contribution >= 4 is 17.7 Å². The second kappa shape index (κ2) is 3.89. The van der Waals surface area contributed by atoms with Crippen molar-refractivity contribution in [1.82, 2.24) is 14.8 Å². The smallest absolute Gasteiger partial charge is 0.259 e. The standard InChI is InChI=1S/C11H9N3O2S/c1-16-8-4-2-7(3-5-8)10-12-11-14(13-10)9(15)6-17-11/h2-5H,6H2,1H3. The molecule has 1 aliphatic heterocycles. The lowest BCUT2D eigenvalue weighted by molar-refractivity contribution is 0.0923. The summed E-state index contributed by atoms with van der Waals surface area (Å²) in [6, 6.07) is 7.44. The molecule has 17 heavy (non-hydrogen) atoms. The van der Waals surface area contributed by atoms with Crippen molar-refractivity contribution in [3.05, 3.63) is 24.3 Å². The molecular formula is C11H9N3O2S. The van der Waals surface area contributed by atoms with Crippen LogP contribution < -0.4 is 4.74 Å². The van der Waals surface area contributed by atoms with Crippen LogP contribution in [0, 0.1) is 0 Å². The van der Waals surface area contributed by atoms with Crippen LogP contribution in [0.1, 0.15) is 4.79 Å². The normalized spacial score (nSPS) is 13.8. The molecule has 0 saturated carbocycles. The van der Waals surface area contributed by atoms with E-state index in [1.807, 2.05) is 24.3 Å². The van der Waals surface area contributed by atoms with E-state index in [1.165, 1.54) is 16.4 Å². The van der Waals surface area contributed by atoms with E-state index in [0.29, 0.717) is 16.7 Å². The Hall–Kier alpha value is -1.82. The fourth-order valence-corrected chi connectivity index (χ4v) is 2.39. The largest absolute Gasteiger partial charge is 0.497 e. The minimum atomic E-state index is -0.0164. The predicted octanol–water partition coefficient (Wildman–Crippen LogP) is 1.70. The third kappa shape index (κ3) is 1.70. The molecular weight excluding hydrogens is 238 g/mol. The molecule has 1 aromatic carbocycles. The summed E-state index contributed by atoms with van der Waals surface area (Å²) in [5, 5.41) is 4.86. The molecule has 86 valence electrons. The van der Waals surface area contributed by atoms with Crippen LogP contribution in [-0.2, 0) is 0 Å². The quantitative estimate of drug-likeness (QED) is 0.808. The lowest BCUT2D eigenvalue weighted by atomic mass is 10.2. The van der Waals surface area contributed by atoms with Crippen molar-refractivity contribution in [2.45, 2.75) is 5.16 Å². The first-order chi connectivity index (χ1) is 8.28. The first-order valence-electron chi connectivity index (χ1n) is 5.05. The number of aromatic nitrogens is 3. The molecule has 0 spiro atoms. The Kier molecular flexibility index (Phi) is 2.36. The summed E-state index contributed by atoms with van der Waals surface area (Å²) in [6.45, 7) is 0. The van der Waals surface area contributed by atoms with Crippen LogP contribution in [0.25, 0.3) is 11.4 Å². The zero-order valence-corrected chi connectivity index (χ0v) is 9.90. The zero-order valence-electron chi connectivity index (χ0n) is 9.08. The Morgan fingerprint density at radius 2 is 2.12 bits per heavy atom. The van der Waals surface area contributed by atoms with Crippen LogP contribution in [-0.4, -0.2) is 33.5 Å². The Labute approximate surface area is 102 Å². The average Bonchev–Trinajstić information content (AvgIpc) is 2.92. The number of carbonyl (C=O) groups is 1. The summed E-state index contributed by atoms with van der Waals surface area (Å²) in [4.78, 5) is 15.8. The van der Waals surface area contributed by atoms with E-state index in [2.05, 4.69) is 10.1 Å². The van der Waals surface area contributed by atoms with Crippen LogP contribution >= 0.6 is 11.8 Å². The van der Waals surface area contributed by atoms with Crippen LogP contribution in [0.3, 0.4) is 0 Å². The van der Waals surface area contributed by atoms with Gasteiger partial charge in [-0.2, -0.15) is 4.68 Å². The first-order valence-corrected chi connectivity index (χ1v) is 6.04. The second-order valence-corrected chi connectivity index (χ2v) is 4.48. The van der Waals surface area contributed by atoms with E-state index in [-0.39, 0.29) is 5.91 Å². The molecule has 5 nitrogen and oxygen atoms in total. The maximum absolute atomic E-state index is 11.4. The highest BCUT2D eigenvalue weighted by molar-refractivity contribution is 8.00. The van der Waals surface area contributed by atoms with Crippen molar-refractivity contribution in [1.29, 1.82) is 0 Å². The molecule has 0 saturated heterocycles. The van der Waals surface area contributed by atoms with Crippen LogP contribution in [0.15, 0.2) is 29.4 Å². The molecule has 1 aromatic heterocycles. The molecule has 0 N–H and O–H groups in total. The molecule has 0 unspecified atom stereocenters. The number of methoxy groups -OCH3 is 1. The van der Waals surface area contributed by atoms with E-state index in [1.54, 1.807) is 7.11 Å². The second-order valence-electron chi connectivity index (χ2n) is 3.54. The van der Waals surface area contributed by atoms with Gasteiger partial charge >= 0.3 is 0 Å². The third-order valence-electron chi connectivity index (χ3n) is 2.49. The van der Waals surface area contributed by atoms with Crippen molar-refractivity contribution in [2.24, 2.45) is 0 Å². The molecule has 0 radical (unpaired) electrons. The minimum absolute atomic E-state index is 0.0164. The van der Waals surface area contributed by atoms with E-state index >= 15 is 0 Å².